The summed E-state index contributed by atoms with van der Waals surface area (Å²) in [5.41, 5.74) is -0.234. The van der Waals surface area contributed by atoms with Crippen molar-refractivity contribution in [1.82, 2.24) is 5.32 Å². The van der Waals surface area contributed by atoms with Crippen LogP contribution in [0.3, 0.4) is 0 Å². The third-order valence-corrected chi connectivity index (χ3v) is 3.74. The minimum Gasteiger partial charge on any atom is -0.353 e. The number of carbonyl (C=O) groups is 1. The Morgan fingerprint density at radius 2 is 1.93 bits per heavy atom. The minimum atomic E-state index is -0.234. The van der Waals surface area contributed by atoms with Crippen molar-refractivity contribution < 1.29 is 4.79 Å². The van der Waals surface area contributed by atoms with Crippen molar-refractivity contribution in [1.29, 1.82) is 0 Å². The van der Waals surface area contributed by atoms with Crippen molar-refractivity contribution in [2.24, 2.45) is 17.3 Å². The van der Waals surface area contributed by atoms with E-state index in [0.29, 0.717) is 6.04 Å². The van der Waals surface area contributed by atoms with E-state index >= 15 is 0 Å². The molecule has 2 aliphatic rings. The summed E-state index contributed by atoms with van der Waals surface area (Å²) < 4.78 is 0. The molecule has 3 unspecified atom stereocenters. The molecule has 2 bridgehead atoms. The molecular formula is C12H21NO. The molecule has 2 saturated carbocycles. The maximum absolute atomic E-state index is 11.8. The lowest BCUT2D eigenvalue weighted by Crippen LogP contribution is -2.44. The molecule has 0 aromatic heterocycles. The van der Waals surface area contributed by atoms with Gasteiger partial charge in [0.1, 0.15) is 0 Å². The predicted molar refractivity (Wildman–Crippen MR) is 56.8 cm³/mol. The van der Waals surface area contributed by atoms with Gasteiger partial charge in [-0.15, -0.1) is 0 Å². The van der Waals surface area contributed by atoms with Crippen LogP contribution in [0.15, 0.2) is 0 Å². The van der Waals surface area contributed by atoms with E-state index in [1.807, 2.05) is 20.8 Å². The van der Waals surface area contributed by atoms with E-state index in [9.17, 15) is 4.79 Å². The third-order valence-electron chi connectivity index (χ3n) is 3.74. The molecule has 1 N–H and O–H groups in total. The highest BCUT2D eigenvalue weighted by molar-refractivity contribution is 5.81. The zero-order chi connectivity index (χ0) is 10.3. The fourth-order valence-corrected chi connectivity index (χ4v) is 2.81. The number of nitrogens with one attached hydrogen (secondary N) is 1. The second-order valence-electron chi connectivity index (χ2n) is 6.00. The maximum Gasteiger partial charge on any atom is 0.225 e. The lowest BCUT2D eigenvalue weighted by atomic mass is 9.91. The van der Waals surface area contributed by atoms with Gasteiger partial charge < -0.3 is 5.32 Å². The van der Waals surface area contributed by atoms with Crippen LogP contribution >= 0.6 is 0 Å². The van der Waals surface area contributed by atoms with Gasteiger partial charge in [-0.3, -0.25) is 4.79 Å². The second-order valence-corrected chi connectivity index (χ2v) is 6.00. The minimum absolute atomic E-state index is 0.218. The number of amides is 1. The Hall–Kier alpha value is -0.530. The van der Waals surface area contributed by atoms with Gasteiger partial charge in [0.2, 0.25) is 5.91 Å². The van der Waals surface area contributed by atoms with Gasteiger partial charge in [0.05, 0.1) is 0 Å². The molecular weight excluding hydrogens is 174 g/mol. The Morgan fingerprint density at radius 1 is 1.21 bits per heavy atom. The molecule has 2 fully saturated rings. The summed E-state index contributed by atoms with van der Waals surface area (Å²) in [7, 11) is 0. The van der Waals surface area contributed by atoms with Crippen molar-refractivity contribution in [3.63, 3.8) is 0 Å². The summed E-state index contributed by atoms with van der Waals surface area (Å²) in [5, 5.41) is 3.21. The van der Waals surface area contributed by atoms with Crippen LogP contribution in [0.25, 0.3) is 0 Å². The molecule has 80 valence electrons. The van der Waals surface area contributed by atoms with Crippen molar-refractivity contribution in [3.8, 4) is 0 Å². The van der Waals surface area contributed by atoms with Crippen LogP contribution < -0.4 is 5.32 Å². The highest BCUT2D eigenvalue weighted by atomic mass is 16.2. The molecule has 0 aromatic carbocycles. The average molecular weight is 195 g/mol. The first-order valence-electron chi connectivity index (χ1n) is 5.78. The summed E-state index contributed by atoms with van der Waals surface area (Å²) >= 11 is 0. The van der Waals surface area contributed by atoms with E-state index in [-0.39, 0.29) is 11.3 Å². The normalized spacial score (nSPS) is 36.1. The van der Waals surface area contributed by atoms with Crippen LogP contribution in [-0.2, 0) is 4.79 Å². The number of fused-ring (bicyclic) bond motifs is 2. The zero-order valence-corrected chi connectivity index (χ0v) is 9.47. The van der Waals surface area contributed by atoms with E-state index in [1.165, 1.54) is 25.7 Å². The van der Waals surface area contributed by atoms with Crippen molar-refractivity contribution in [2.75, 3.05) is 0 Å². The summed E-state index contributed by atoms with van der Waals surface area (Å²) in [6, 6.07) is 0.487. The number of carbonyl (C=O) groups excluding carboxylic acids is 1. The zero-order valence-electron chi connectivity index (χ0n) is 9.47. The van der Waals surface area contributed by atoms with Crippen LogP contribution in [0.2, 0.25) is 0 Å². The largest absolute Gasteiger partial charge is 0.353 e. The van der Waals surface area contributed by atoms with Crippen LogP contribution in [-0.4, -0.2) is 11.9 Å². The highest BCUT2D eigenvalue weighted by Crippen LogP contribution is 2.44. The number of rotatable bonds is 1. The van der Waals surface area contributed by atoms with E-state index < -0.39 is 0 Å². The average Bonchev–Trinajstić information content (AvgIpc) is 2.62. The fraction of sp³-hybridized carbons (Fsp3) is 0.917. The number of hydrogen-bond acceptors (Lipinski definition) is 1. The van der Waals surface area contributed by atoms with Crippen molar-refractivity contribution in [3.05, 3.63) is 0 Å². The Morgan fingerprint density at radius 3 is 2.36 bits per heavy atom. The van der Waals surface area contributed by atoms with Gasteiger partial charge in [-0.1, -0.05) is 27.2 Å². The van der Waals surface area contributed by atoms with E-state index in [4.69, 9.17) is 0 Å². The summed E-state index contributed by atoms with van der Waals surface area (Å²) in [6.45, 7) is 5.95. The molecule has 0 radical (unpaired) electrons. The van der Waals surface area contributed by atoms with E-state index in [1.54, 1.807) is 0 Å². The van der Waals surface area contributed by atoms with Crippen molar-refractivity contribution >= 4 is 5.91 Å². The molecule has 14 heavy (non-hydrogen) atoms. The molecule has 0 heterocycles. The molecule has 2 heteroatoms. The molecule has 0 saturated heterocycles. The van der Waals surface area contributed by atoms with Gasteiger partial charge in [-0.05, 0) is 31.1 Å². The van der Waals surface area contributed by atoms with Crippen LogP contribution in [0.5, 0.6) is 0 Å². The lowest BCUT2D eigenvalue weighted by Gasteiger charge is -2.27. The Balaban J connectivity index is 1.90. The van der Waals surface area contributed by atoms with Crippen molar-refractivity contribution in [2.45, 2.75) is 52.5 Å². The first-order chi connectivity index (χ1) is 6.47. The summed E-state index contributed by atoms with van der Waals surface area (Å²) in [4.78, 5) is 11.8. The quantitative estimate of drug-likeness (QED) is 0.683. The maximum atomic E-state index is 11.8. The Kier molecular flexibility index (Phi) is 2.32. The molecule has 2 aliphatic carbocycles. The molecule has 1 amide bonds. The first-order valence-corrected chi connectivity index (χ1v) is 5.78. The smallest absolute Gasteiger partial charge is 0.225 e. The monoisotopic (exact) mass is 195 g/mol. The molecule has 0 spiro atoms. The lowest BCUT2D eigenvalue weighted by molar-refractivity contribution is -0.129. The summed E-state index contributed by atoms with van der Waals surface area (Å²) in [5.74, 6) is 1.91. The molecule has 3 atom stereocenters. The molecule has 0 aromatic rings. The Labute approximate surface area is 86.5 Å². The Bertz CT molecular complexity index is 241. The van der Waals surface area contributed by atoms with Crippen LogP contribution in [0.4, 0.5) is 0 Å². The fourth-order valence-electron chi connectivity index (χ4n) is 2.81. The first kappa shape index (κ1) is 10.0. The van der Waals surface area contributed by atoms with Crippen LogP contribution in [0, 0.1) is 17.3 Å². The highest BCUT2D eigenvalue weighted by Gasteiger charge is 2.41. The third kappa shape index (κ3) is 1.79. The van der Waals surface area contributed by atoms with Gasteiger partial charge in [0, 0.05) is 11.5 Å². The van der Waals surface area contributed by atoms with E-state index in [2.05, 4.69) is 5.32 Å². The molecule has 0 aliphatic heterocycles. The topological polar surface area (TPSA) is 29.1 Å². The number of hydrogen-bond donors (Lipinski definition) is 1. The second kappa shape index (κ2) is 3.25. The van der Waals surface area contributed by atoms with E-state index in [0.717, 1.165) is 11.8 Å². The van der Waals surface area contributed by atoms with Gasteiger partial charge in [-0.25, -0.2) is 0 Å². The van der Waals surface area contributed by atoms with Gasteiger partial charge in [0.15, 0.2) is 0 Å². The SMILES string of the molecule is CC(C)(C)C(=O)NC1CC2CCC1C2. The molecule has 2 rings (SSSR count). The molecule has 2 nitrogen and oxygen atoms in total. The van der Waals surface area contributed by atoms with Gasteiger partial charge in [-0.2, -0.15) is 0 Å². The summed E-state index contributed by atoms with van der Waals surface area (Å²) in [6.07, 6.45) is 5.31. The predicted octanol–water partition coefficient (Wildman–Crippen LogP) is 2.34. The van der Waals surface area contributed by atoms with Gasteiger partial charge in [0.25, 0.3) is 0 Å². The standard InChI is InChI=1S/C12H21NO/c1-12(2,3)11(14)13-10-7-8-4-5-9(10)6-8/h8-10H,4-7H2,1-3H3,(H,13,14). The van der Waals surface area contributed by atoms with Gasteiger partial charge >= 0.3 is 0 Å². The van der Waals surface area contributed by atoms with Crippen LogP contribution in [0.1, 0.15) is 46.5 Å².